The molecule has 0 N–H and O–H groups in total. The second kappa shape index (κ2) is 9.94. The van der Waals surface area contributed by atoms with E-state index in [1.807, 2.05) is 76.3 Å². The van der Waals surface area contributed by atoms with Crippen LogP contribution in [0.3, 0.4) is 0 Å². The molecular formula is C34H31FN4O. The van der Waals surface area contributed by atoms with E-state index >= 15 is 4.39 Å². The Balaban J connectivity index is 1.30. The van der Waals surface area contributed by atoms with Crippen molar-refractivity contribution in [1.29, 1.82) is 0 Å². The molecule has 0 aliphatic carbocycles. The maximum absolute atomic E-state index is 15.4. The fourth-order valence-electron chi connectivity index (χ4n) is 6.27. The Labute approximate surface area is 233 Å². The molecule has 200 valence electrons. The van der Waals surface area contributed by atoms with Gasteiger partial charge in [0.05, 0.1) is 17.3 Å². The number of hydrogen-bond acceptors (Lipinski definition) is 3. The van der Waals surface area contributed by atoms with Gasteiger partial charge in [0.2, 0.25) is 0 Å². The van der Waals surface area contributed by atoms with Crippen molar-refractivity contribution in [2.24, 2.45) is 0 Å². The highest BCUT2D eigenvalue weighted by atomic mass is 19.1. The first kappa shape index (κ1) is 24.6. The number of carbonyl (C=O) groups is 1. The van der Waals surface area contributed by atoms with Gasteiger partial charge in [0.15, 0.2) is 0 Å². The number of rotatable bonds is 4. The van der Waals surface area contributed by atoms with Crippen LogP contribution in [0.15, 0.2) is 91.3 Å². The first-order valence-electron chi connectivity index (χ1n) is 14.1. The molecule has 1 amide bonds. The number of pyridine rings is 1. The Bertz CT molecular complexity index is 1720. The normalized spacial score (nSPS) is 16.9. The van der Waals surface area contributed by atoms with Crippen molar-refractivity contribution in [2.45, 2.75) is 32.2 Å². The van der Waals surface area contributed by atoms with Crippen LogP contribution in [0.1, 0.15) is 47.3 Å². The van der Waals surface area contributed by atoms with Crippen molar-refractivity contribution < 1.29 is 9.18 Å². The van der Waals surface area contributed by atoms with Crippen molar-refractivity contribution >= 4 is 17.2 Å². The Kier molecular flexibility index (Phi) is 6.11. The summed E-state index contributed by atoms with van der Waals surface area (Å²) in [5, 5.41) is 0. The van der Waals surface area contributed by atoms with Crippen LogP contribution in [0.25, 0.3) is 28.0 Å². The fourth-order valence-corrected chi connectivity index (χ4v) is 6.27. The number of anilines is 1. The number of nitrogens with zero attached hydrogens (tertiary/aromatic N) is 4. The molecule has 4 heterocycles. The minimum atomic E-state index is -0.286. The number of hydrogen-bond donors (Lipinski definition) is 0. The third-order valence-electron chi connectivity index (χ3n) is 8.44. The molecule has 0 bridgehead atoms. The molecule has 2 aliphatic heterocycles. The van der Waals surface area contributed by atoms with Crippen LogP contribution < -0.4 is 4.90 Å². The standard InChI is InChI=1S/C34H31FN4O/c1-23-28-12-6-5-11-25(28)15-18-39(23)34(40)26-19-30(24-9-3-2-4-10-24)33-36-32(22-38(33)21-26)29-14-13-27(20-31(29)35)37-16-7-8-17-37/h2-6,9-14,19-23H,7-8,15-18H2,1H3/t23-/m1/s1. The van der Waals surface area contributed by atoms with Gasteiger partial charge in [-0.2, -0.15) is 0 Å². The quantitative estimate of drug-likeness (QED) is 0.247. The number of imidazole rings is 1. The number of aromatic nitrogens is 2. The summed E-state index contributed by atoms with van der Waals surface area (Å²) in [4.78, 5) is 23.0. The summed E-state index contributed by atoms with van der Waals surface area (Å²) in [6.45, 7) is 4.69. The van der Waals surface area contributed by atoms with E-state index in [1.165, 1.54) is 11.1 Å². The molecular weight excluding hydrogens is 499 g/mol. The third-order valence-corrected chi connectivity index (χ3v) is 8.44. The zero-order valence-corrected chi connectivity index (χ0v) is 22.6. The average molecular weight is 531 g/mol. The maximum Gasteiger partial charge on any atom is 0.255 e. The van der Waals surface area contributed by atoms with Gasteiger partial charge in [-0.1, -0.05) is 54.6 Å². The molecule has 2 aliphatic rings. The SMILES string of the molecule is C[C@@H]1c2ccccc2CCN1C(=O)c1cc(-c2ccccc2)c2nc(-c3ccc(N4CCCC4)cc3F)cn2c1. The summed E-state index contributed by atoms with van der Waals surface area (Å²) in [6, 6.07) is 25.7. The predicted molar refractivity (Wildman–Crippen MR) is 157 cm³/mol. The van der Waals surface area contributed by atoms with Gasteiger partial charge in [-0.05, 0) is 67.1 Å². The minimum absolute atomic E-state index is 0.0162. The molecule has 1 atom stereocenters. The van der Waals surface area contributed by atoms with Gasteiger partial charge in [-0.25, -0.2) is 9.37 Å². The van der Waals surface area contributed by atoms with Crippen molar-refractivity contribution in [2.75, 3.05) is 24.5 Å². The van der Waals surface area contributed by atoms with Crippen LogP contribution in [0.2, 0.25) is 0 Å². The second-order valence-electron chi connectivity index (χ2n) is 10.8. The molecule has 1 saturated heterocycles. The van der Waals surface area contributed by atoms with Crippen molar-refractivity contribution in [3.8, 4) is 22.4 Å². The monoisotopic (exact) mass is 530 g/mol. The summed E-state index contributed by atoms with van der Waals surface area (Å²) in [6.07, 6.45) is 6.79. The highest BCUT2D eigenvalue weighted by Gasteiger charge is 2.29. The largest absolute Gasteiger partial charge is 0.371 e. The molecule has 40 heavy (non-hydrogen) atoms. The summed E-state index contributed by atoms with van der Waals surface area (Å²) in [5.74, 6) is -0.302. The molecule has 0 spiro atoms. The second-order valence-corrected chi connectivity index (χ2v) is 10.8. The molecule has 6 heteroatoms. The van der Waals surface area contributed by atoms with E-state index in [-0.39, 0.29) is 17.8 Å². The molecule has 0 unspecified atom stereocenters. The zero-order valence-electron chi connectivity index (χ0n) is 22.6. The first-order valence-corrected chi connectivity index (χ1v) is 14.1. The Hall–Kier alpha value is -4.45. The highest BCUT2D eigenvalue weighted by Crippen LogP contribution is 2.34. The lowest BCUT2D eigenvalue weighted by Gasteiger charge is -2.35. The van der Waals surface area contributed by atoms with Gasteiger partial charge in [0.25, 0.3) is 5.91 Å². The zero-order chi connectivity index (χ0) is 27.2. The Morgan fingerprint density at radius 3 is 2.45 bits per heavy atom. The molecule has 2 aromatic heterocycles. The maximum atomic E-state index is 15.4. The highest BCUT2D eigenvalue weighted by molar-refractivity contribution is 5.97. The molecule has 1 fully saturated rings. The number of carbonyl (C=O) groups excluding carboxylic acids is 1. The van der Waals surface area contributed by atoms with E-state index in [1.54, 1.807) is 6.07 Å². The summed E-state index contributed by atoms with van der Waals surface area (Å²) >= 11 is 0. The van der Waals surface area contributed by atoms with E-state index in [4.69, 9.17) is 4.98 Å². The third kappa shape index (κ3) is 4.24. The molecule has 3 aromatic carbocycles. The lowest BCUT2D eigenvalue weighted by atomic mass is 9.93. The number of benzene rings is 3. The van der Waals surface area contributed by atoms with E-state index in [0.29, 0.717) is 29.0 Å². The van der Waals surface area contributed by atoms with E-state index in [9.17, 15) is 4.79 Å². The van der Waals surface area contributed by atoms with Gasteiger partial charge in [-0.3, -0.25) is 4.79 Å². The van der Waals surface area contributed by atoms with Gasteiger partial charge in [0.1, 0.15) is 11.5 Å². The summed E-state index contributed by atoms with van der Waals surface area (Å²) in [5.41, 5.74) is 7.51. The van der Waals surface area contributed by atoms with Gasteiger partial charge >= 0.3 is 0 Å². The predicted octanol–water partition coefficient (Wildman–Crippen LogP) is 7.17. The fraction of sp³-hybridized carbons (Fsp3) is 0.235. The molecule has 5 aromatic rings. The molecule has 7 rings (SSSR count). The first-order chi connectivity index (χ1) is 19.6. The van der Waals surface area contributed by atoms with E-state index in [0.717, 1.165) is 49.2 Å². The number of fused-ring (bicyclic) bond motifs is 2. The van der Waals surface area contributed by atoms with E-state index < -0.39 is 0 Å². The Morgan fingerprint density at radius 1 is 0.875 bits per heavy atom. The van der Waals surface area contributed by atoms with Crippen molar-refractivity contribution in [3.63, 3.8) is 0 Å². The Morgan fingerprint density at radius 2 is 1.65 bits per heavy atom. The molecule has 5 nitrogen and oxygen atoms in total. The van der Waals surface area contributed by atoms with Gasteiger partial charge < -0.3 is 14.2 Å². The van der Waals surface area contributed by atoms with Gasteiger partial charge in [-0.15, -0.1) is 0 Å². The lowest BCUT2D eigenvalue weighted by Crippen LogP contribution is -2.38. The summed E-state index contributed by atoms with van der Waals surface area (Å²) < 4.78 is 17.3. The summed E-state index contributed by atoms with van der Waals surface area (Å²) in [7, 11) is 0. The number of amides is 1. The van der Waals surface area contributed by atoms with Crippen LogP contribution in [-0.4, -0.2) is 39.8 Å². The smallest absolute Gasteiger partial charge is 0.255 e. The average Bonchev–Trinajstić information content (AvgIpc) is 3.68. The minimum Gasteiger partial charge on any atom is -0.371 e. The molecule has 0 saturated carbocycles. The van der Waals surface area contributed by atoms with Crippen LogP contribution in [0.5, 0.6) is 0 Å². The van der Waals surface area contributed by atoms with Crippen molar-refractivity contribution in [3.05, 3.63) is 114 Å². The molecule has 0 radical (unpaired) electrons. The van der Waals surface area contributed by atoms with Crippen LogP contribution >= 0.6 is 0 Å². The number of halogens is 1. The van der Waals surface area contributed by atoms with Crippen LogP contribution in [0.4, 0.5) is 10.1 Å². The van der Waals surface area contributed by atoms with Crippen LogP contribution in [-0.2, 0) is 6.42 Å². The van der Waals surface area contributed by atoms with Crippen LogP contribution in [0, 0.1) is 5.82 Å². The lowest BCUT2D eigenvalue weighted by molar-refractivity contribution is 0.0677. The van der Waals surface area contributed by atoms with E-state index in [2.05, 4.69) is 30.0 Å². The van der Waals surface area contributed by atoms with Gasteiger partial charge in [0, 0.05) is 48.8 Å². The topological polar surface area (TPSA) is 40.9 Å². The van der Waals surface area contributed by atoms with Crippen molar-refractivity contribution in [1.82, 2.24) is 14.3 Å².